The van der Waals surface area contributed by atoms with Crippen molar-refractivity contribution >= 4 is 62.2 Å². The third-order valence-corrected chi connectivity index (χ3v) is 6.08. The molecule has 8 nitrogen and oxygen atoms in total. The van der Waals surface area contributed by atoms with Crippen LogP contribution in [0.25, 0.3) is 0 Å². The van der Waals surface area contributed by atoms with E-state index >= 15 is 0 Å². The first-order valence-corrected chi connectivity index (χ1v) is 11.0. The van der Waals surface area contributed by atoms with Crippen LogP contribution >= 0.6 is 23.2 Å². The fourth-order valence-electron chi connectivity index (χ4n) is 2.30. The van der Waals surface area contributed by atoms with E-state index in [1.807, 2.05) is 0 Å². The number of carbonyl (C=O) groups excluding carboxylic acids is 3. The molecule has 2 amide bonds. The van der Waals surface area contributed by atoms with Crippen molar-refractivity contribution in [3.8, 4) is 0 Å². The maximum absolute atomic E-state index is 12.3. The number of carbonyl (C=O) groups is 3. The molecule has 30 heavy (non-hydrogen) atoms. The molecule has 0 aliphatic rings. The predicted octanol–water partition coefficient (Wildman–Crippen LogP) is 3.30. The third-order valence-electron chi connectivity index (χ3n) is 3.66. The number of sulfone groups is 1. The number of rotatable bonds is 8. The molecule has 2 N–H and O–H groups in total. The van der Waals surface area contributed by atoms with E-state index in [0.717, 1.165) is 0 Å². The zero-order valence-electron chi connectivity index (χ0n) is 15.8. The lowest BCUT2D eigenvalue weighted by atomic mass is 10.2. The molecule has 0 aliphatic carbocycles. The Morgan fingerprint density at radius 3 is 2.17 bits per heavy atom. The van der Waals surface area contributed by atoms with E-state index in [-0.39, 0.29) is 20.8 Å². The fourth-order valence-corrected chi connectivity index (χ4v) is 4.33. The van der Waals surface area contributed by atoms with Crippen LogP contribution < -0.4 is 10.6 Å². The summed E-state index contributed by atoms with van der Waals surface area (Å²) in [6, 6.07) is 10.3. The number of amides is 2. The van der Waals surface area contributed by atoms with Gasteiger partial charge >= 0.3 is 5.97 Å². The van der Waals surface area contributed by atoms with E-state index in [1.54, 1.807) is 24.3 Å². The van der Waals surface area contributed by atoms with Crippen molar-refractivity contribution in [3.63, 3.8) is 0 Å². The Balaban J connectivity index is 1.82. The van der Waals surface area contributed by atoms with Crippen molar-refractivity contribution in [1.82, 2.24) is 0 Å². The summed E-state index contributed by atoms with van der Waals surface area (Å²) in [6.07, 6.45) is -0.454. The summed E-state index contributed by atoms with van der Waals surface area (Å²) in [7, 11) is -3.86. The Morgan fingerprint density at radius 1 is 0.967 bits per heavy atom. The van der Waals surface area contributed by atoms with Crippen LogP contribution in [0.15, 0.2) is 47.4 Å². The Morgan fingerprint density at radius 2 is 1.57 bits per heavy atom. The highest BCUT2D eigenvalue weighted by molar-refractivity contribution is 7.91. The van der Waals surface area contributed by atoms with Crippen molar-refractivity contribution in [2.24, 2.45) is 0 Å². The molecule has 0 radical (unpaired) electrons. The van der Waals surface area contributed by atoms with Gasteiger partial charge in [-0.2, -0.15) is 0 Å². The largest absolute Gasteiger partial charge is 0.456 e. The van der Waals surface area contributed by atoms with Crippen LogP contribution in [0.1, 0.15) is 13.3 Å². The lowest BCUT2D eigenvalue weighted by Crippen LogP contribution is -2.22. The minimum atomic E-state index is -3.86. The van der Waals surface area contributed by atoms with Crippen molar-refractivity contribution < 1.29 is 27.5 Å². The van der Waals surface area contributed by atoms with Gasteiger partial charge in [0, 0.05) is 23.3 Å². The van der Waals surface area contributed by atoms with Crippen LogP contribution in [0.3, 0.4) is 0 Å². The van der Waals surface area contributed by atoms with E-state index in [9.17, 15) is 22.8 Å². The smallest absolute Gasteiger partial charge is 0.307 e. The SMILES string of the molecule is CC(=O)Nc1ccc(NC(=O)COC(=O)CCS(=O)(=O)c2cc(Cl)ccc2Cl)cc1. The molecule has 160 valence electrons. The van der Waals surface area contributed by atoms with Crippen molar-refractivity contribution in [3.05, 3.63) is 52.5 Å². The summed E-state index contributed by atoms with van der Waals surface area (Å²) in [4.78, 5) is 34.5. The fraction of sp³-hybridized carbons (Fsp3) is 0.211. The second-order valence-electron chi connectivity index (χ2n) is 6.11. The van der Waals surface area contributed by atoms with Crippen molar-refractivity contribution in [2.45, 2.75) is 18.2 Å². The van der Waals surface area contributed by atoms with Gasteiger partial charge in [0.1, 0.15) is 0 Å². The second kappa shape index (κ2) is 10.4. The van der Waals surface area contributed by atoms with Crippen LogP contribution in [0.4, 0.5) is 11.4 Å². The zero-order chi connectivity index (χ0) is 22.3. The minimum Gasteiger partial charge on any atom is -0.456 e. The molecule has 0 spiro atoms. The van der Waals surface area contributed by atoms with Gasteiger partial charge in [0.25, 0.3) is 5.91 Å². The molecule has 0 atom stereocenters. The van der Waals surface area contributed by atoms with E-state index in [1.165, 1.54) is 25.1 Å². The normalized spacial score (nSPS) is 10.9. The van der Waals surface area contributed by atoms with Crippen LogP contribution in [-0.2, 0) is 29.0 Å². The Bertz CT molecular complexity index is 1060. The third kappa shape index (κ3) is 7.33. The van der Waals surface area contributed by atoms with Gasteiger partial charge in [-0.25, -0.2) is 8.42 Å². The number of halogens is 2. The number of hydrogen-bond donors (Lipinski definition) is 2. The molecule has 0 unspecified atom stereocenters. The van der Waals surface area contributed by atoms with Gasteiger partial charge < -0.3 is 15.4 Å². The summed E-state index contributed by atoms with van der Waals surface area (Å²) in [5, 5.41) is 5.29. The average molecular weight is 473 g/mol. The molecule has 2 aromatic carbocycles. The van der Waals surface area contributed by atoms with Crippen LogP contribution in [-0.4, -0.2) is 38.6 Å². The molecule has 2 rings (SSSR count). The van der Waals surface area contributed by atoms with Gasteiger partial charge in [0.2, 0.25) is 5.91 Å². The molecule has 0 aromatic heterocycles. The molecule has 0 bridgehead atoms. The summed E-state index contributed by atoms with van der Waals surface area (Å²) >= 11 is 11.7. The van der Waals surface area contributed by atoms with Gasteiger partial charge in [0.05, 0.1) is 22.1 Å². The predicted molar refractivity (Wildman–Crippen MR) is 113 cm³/mol. The molecule has 0 saturated carbocycles. The Labute approximate surface area is 183 Å². The average Bonchev–Trinajstić information content (AvgIpc) is 2.68. The summed E-state index contributed by atoms with van der Waals surface area (Å²) < 4.78 is 29.5. The van der Waals surface area contributed by atoms with E-state index in [2.05, 4.69) is 10.6 Å². The minimum absolute atomic E-state index is 0.00309. The van der Waals surface area contributed by atoms with Crippen LogP contribution in [0.2, 0.25) is 10.0 Å². The Kier molecular flexibility index (Phi) is 8.22. The van der Waals surface area contributed by atoms with Crippen molar-refractivity contribution in [1.29, 1.82) is 0 Å². The first kappa shape index (κ1) is 23.7. The lowest BCUT2D eigenvalue weighted by Gasteiger charge is -2.09. The molecule has 0 aliphatic heterocycles. The van der Waals surface area contributed by atoms with Crippen LogP contribution in [0, 0.1) is 0 Å². The number of anilines is 2. The van der Waals surface area contributed by atoms with Gasteiger partial charge in [0.15, 0.2) is 16.4 Å². The van der Waals surface area contributed by atoms with Gasteiger partial charge in [-0.15, -0.1) is 0 Å². The molecule has 0 heterocycles. The van der Waals surface area contributed by atoms with Gasteiger partial charge in [-0.05, 0) is 42.5 Å². The maximum Gasteiger partial charge on any atom is 0.307 e. The number of benzene rings is 2. The van der Waals surface area contributed by atoms with E-state index < -0.39 is 40.5 Å². The summed E-state index contributed by atoms with van der Waals surface area (Å²) in [6.45, 7) is 0.795. The number of ether oxygens (including phenoxy) is 1. The Hall–Kier alpha value is -2.62. The van der Waals surface area contributed by atoms with Gasteiger partial charge in [-0.1, -0.05) is 23.2 Å². The van der Waals surface area contributed by atoms with Gasteiger partial charge in [-0.3, -0.25) is 14.4 Å². The highest BCUT2D eigenvalue weighted by Crippen LogP contribution is 2.26. The van der Waals surface area contributed by atoms with Crippen molar-refractivity contribution in [2.75, 3.05) is 23.0 Å². The lowest BCUT2D eigenvalue weighted by molar-refractivity contribution is -0.146. The molecule has 0 fully saturated rings. The van der Waals surface area contributed by atoms with Crippen LogP contribution in [0.5, 0.6) is 0 Å². The number of nitrogens with one attached hydrogen (secondary N) is 2. The number of hydrogen-bond acceptors (Lipinski definition) is 6. The highest BCUT2D eigenvalue weighted by atomic mass is 35.5. The highest BCUT2D eigenvalue weighted by Gasteiger charge is 2.21. The molecular weight excluding hydrogens is 455 g/mol. The topological polar surface area (TPSA) is 119 Å². The summed E-state index contributed by atoms with van der Waals surface area (Å²) in [5.41, 5.74) is 0.997. The standard InChI is InChI=1S/C19H18Cl2N2O6S/c1-12(24)22-14-3-5-15(6-4-14)23-18(25)11-29-19(26)8-9-30(27,28)17-10-13(20)2-7-16(17)21/h2-7,10H,8-9,11H2,1H3,(H,22,24)(H,23,25). The first-order chi connectivity index (χ1) is 14.1. The quantitative estimate of drug-likeness (QED) is 0.568. The number of esters is 1. The second-order valence-corrected chi connectivity index (χ2v) is 9.03. The molecule has 2 aromatic rings. The summed E-state index contributed by atoms with van der Waals surface area (Å²) in [5.74, 6) is -2.22. The maximum atomic E-state index is 12.3. The monoisotopic (exact) mass is 472 g/mol. The molecule has 11 heteroatoms. The molecular formula is C19H18Cl2N2O6S. The molecule has 0 saturated heterocycles. The van der Waals surface area contributed by atoms with E-state index in [4.69, 9.17) is 27.9 Å². The zero-order valence-corrected chi connectivity index (χ0v) is 18.1. The van der Waals surface area contributed by atoms with E-state index in [0.29, 0.717) is 11.4 Å². The first-order valence-electron chi connectivity index (χ1n) is 8.58.